The number of ether oxygens (including phenoxy) is 1. The van der Waals surface area contributed by atoms with Gasteiger partial charge in [-0.3, -0.25) is 4.79 Å². The third kappa shape index (κ3) is 3.24. The van der Waals surface area contributed by atoms with Gasteiger partial charge in [0.1, 0.15) is 5.75 Å². The van der Waals surface area contributed by atoms with Crippen LogP contribution < -0.4 is 15.8 Å². The first-order chi connectivity index (χ1) is 7.54. The van der Waals surface area contributed by atoms with Gasteiger partial charge in [-0.15, -0.1) is 0 Å². The summed E-state index contributed by atoms with van der Waals surface area (Å²) in [7, 11) is 1.60. The van der Waals surface area contributed by atoms with Gasteiger partial charge in [-0.05, 0) is 30.2 Å². The van der Waals surface area contributed by atoms with Crippen LogP contribution in [0.3, 0.4) is 0 Å². The zero-order chi connectivity index (χ0) is 12.1. The van der Waals surface area contributed by atoms with Gasteiger partial charge in [0, 0.05) is 5.69 Å². The molecule has 88 valence electrons. The van der Waals surface area contributed by atoms with E-state index in [1.165, 1.54) is 0 Å². The average molecular weight is 222 g/mol. The molecule has 1 rings (SSSR count). The van der Waals surface area contributed by atoms with Crippen molar-refractivity contribution < 1.29 is 9.53 Å². The Hall–Kier alpha value is -1.55. The van der Waals surface area contributed by atoms with Crippen LogP contribution in [0, 0.1) is 5.92 Å². The third-order valence-corrected chi connectivity index (χ3v) is 2.38. The van der Waals surface area contributed by atoms with Gasteiger partial charge in [0.25, 0.3) is 0 Å². The second-order valence-electron chi connectivity index (χ2n) is 3.99. The Morgan fingerprint density at radius 2 is 1.88 bits per heavy atom. The molecule has 0 aromatic heterocycles. The van der Waals surface area contributed by atoms with Crippen molar-refractivity contribution in [2.75, 3.05) is 12.4 Å². The minimum absolute atomic E-state index is 0.123. The third-order valence-electron chi connectivity index (χ3n) is 2.38. The maximum atomic E-state index is 11.6. The highest BCUT2D eigenvalue weighted by Crippen LogP contribution is 2.15. The van der Waals surface area contributed by atoms with E-state index in [-0.39, 0.29) is 11.8 Å². The van der Waals surface area contributed by atoms with Crippen LogP contribution in [0.15, 0.2) is 24.3 Å². The predicted molar refractivity (Wildman–Crippen MR) is 64.4 cm³/mol. The molecule has 0 heterocycles. The quantitative estimate of drug-likeness (QED) is 0.813. The Morgan fingerprint density at radius 3 is 2.31 bits per heavy atom. The van der Waals surface area contributed by atoms with Crippen LogP contribution in [0.25, 0.3) is 0 Å². The molecule has 1 amide bonds. The molecule has 1 aromatic rings. The Bertz CT molecular complexity index is 347. The molecule has 0 fully saturated rings. The van der Waals surface area contributed by atoms with Gasteiger partial charge < -0.3 is 15.8 Å². The van der Waals surface area contributed by atoms with Crippen molar-refractivity contribution in [3.8, 4) is 5.75 Å². The Balaban J connectivity index is 2.62. The molecule has 1 atom stereocenters. The molecule has 1 unspecified atom stereocenters. The molecule has 0 aliphatic heterocycles. The molecule has 16 heavy (non-hydrogen) atoms. The van der Waals surface area contributed by atoms with Crippen molar-refractivity contribution in [1.82, 2.24) is 0 Å². The molecule has 0 aliphatic rings. The smallest absolute Gasteiger partial charge is 0.241 e. The number of amides is 1. The van der Waals surface area contributed by atoms with Crippen molar-refractivity contribution in [3.63, 3.8) is 0 Å². The van der Waals surface area contributed by atoms with E-state index in [0.717, 1.165) is 11.4 Å². The minimum Gasteiger partial charge on any atom is -0.497 e. The Morgan fingerprint density at radius 1 is 1.31 bits per heavy atom. The van der Waals surface area contributed by atoms with Crippen LogP contribution in [-0.2, 0) is 4.79 Å². The molecule has 0 bridgehead atoms. The summed E-state index contributed by atoms with van der Waals surface area (Å²) in [5.41, 5.74) is 6.45. The highest BCUT2D eigenvalue weighted by atomic mass is 16.5. The topological polar surface area (TPSA) is 64.3 Å². The van der Waals surface area contributed by atoms with Gasteiger partial charge in [0.15, 0.2) is 0 Å². The SMILES string of the molecule is COc1ccc(NC(=O)C(N)C(C)C)cc1. The number of nitrogens with two attached hydrogens (primary N) is 1. The standard InChI is InChI=1S/C12H18N2O2/c1-8(2)11(13)12(15)14-9-4-6-10(16-3)7-5-9/h4-8,11H,13H2,1-3H3,(H,14,15). The fourth-order valence-corrected chi connectivity index (χ4v) is 1.20. The van der Waals surface area contributed by atoms with E-state index in [0.29, 0.717) is 0 Å². The number of carbonyl (C=O) groups excluding carboxylic acids is 1. The van der Waals surface area contributed by atoms with Crippen LogP contribution in [0.5, 0.6) is 5.75 Å². The maximum absolute atomic E-state index is 11.6. The molecular formula is C12H18N2O2. The second kappa shape index (κ2) is 5.51. The van der Waals surface area contributed by atoms with Crippen LogP contribution in [0.2, 0.25) is 0 Å². The van der Waals surface area contributed by atoms with Gasteiger partial charge in [0.2, 0.25) is 5.91 Å². The van der Waals surface area contributed by atoms with E-state index >= 15 is 0 Å². The fraction of sp³-hybridized carbons (Fsp3) is 0.417. The van der Waals surface area contributed by atoms with Gasteiger partial charge in [0.05, 0.1) is 13.2 Å². The molecule has 3 N–H and O–H groups in total. The second-order valence-corrected chi connectivity index (χ2v) is 3.99. The van der Waals surface area contributed by atoms with E-state index in [2.05, 4.69) is 5.32 Å². The molecule has 0 saturated heterocycles. The Labute approximate surface area is 95.8 Å². The number of carbonyl (C=O) groups is 1. The number of anilines is 1. The van der Waals surface area contributed by atoms with E-state index in [4.69, 9.17) is 10.5 Å². The van der Waals surface area contributed by atoms with Gasteiger partial charge in [-0.25, -0.2) is 0 Å². The highest BCUT2D eigenvalue weighted by Gasteiger charge is 2.16. The monoisotopic (exact) mass is 222 g/mol. The first-order valence-corrected chi connectivity index (χ1v) is 5.25. The number of benzene rings is 1. The summed E-state index contributed by atoms with van der Waals surface area (Å²) in [5, 5.41) is 2.75. The fourth-order valence-electron chi connectivity index (χ4n) is 1.20. The lowest BCUT2D eigenvalue weighted by atomic mass is 10.1. The van der Waals surface area contributed by atoms with Crippen LogP contribution in [0.1, 0.15) is 13.8 Å². The number of hydrogen-bond acceptors (Lipinski definition) is 3. The number of methoxy groups -OCH3 is 1. The molecule has 4 heteroatoms. The maximum Gasteiger partial charge on any atom is 0.241 e. The number of rotatable bonds is 4. The lowest BCUT2D eigenvalue weighted by Crippen LogP contribution is -2.39. The summed E-state index contributed by atoms with van der Waals surface area (Å²) in [6, 6.07) is 6.66. The summed E-state index contributed by atoms with van der Waals surface area (Å²) >= 11 is 0. The summed E-state index contributed by atoms with van der Waals surface area (Å²) in [5.74, 6) is 0.713. The number of nitrogens with one attached hydrogen (secondary N) is 1. The van der Waals surface area contributed by atoms with E-state index in [1.54, 1.807) is 31.4 Å². The van der Waals surface area contributed by atoms with Crippen molar-refractivity contribution >= 4 is 11.6 Å². The summed E-state index contributed by atoms with van der Waals surface area (Å²) in [6.07, 6.45) is 0. The molecular weight excluding hydrogens is 204 g/mol. The molecule has 0 radical (unpaired) electrons. The van der Waals surface area contributed by atoms with Crippen LogP contribution in [-0.4, -0.2) is 19.1 Å². The van der Waals surface area contributed by atoms with Gasteiger partial charge in [-0.2, -0.15) is 0 Å². The van der Waals surface area contributed by atoms with Crippen molar-refractivity contribution in [2.24, 2.45) is 11.7 Å². The van der Waals surface area contributed by atoms with Crippen molar-refractivity contribution in [1.29, 1.82) is 0 Å². The number of hydrogen-bond donors (Lipinski definition) is 2. The normalized spacial score (nSPS) is 12.3. The van der Waals surface area contributed by atoms with Gasteiger partial charge in [-0.1, -0.05) is 13.8 Å². The molecule has 0 aliphatic carbocycles. The van der Waals surface area contributed by atoms with E-state index < -0.39 is 6.04 Å². The zero-order valence-corrected chi connectivity index (χ0v) is 9.86. The molecule has 4 nitrogen and oxygen atoms in total. The average Bonchev–Trinajstić information content (AvgIpc) is 2.28. The van der Waals surface area contributed by atoms with Crippen LogP contribution in [0.4, 0.5) is 5.69 Å². The first-order valence-electron chi connectivity index (χ1n) is 5.25. The van der Waals surface area contributed by atoms with Crippen molar-refractivity contribution in [2.45, 2.75) is 19.9 Å². The highest BCUT2D eigenvalue weighted by molar-refractivity contribution is 5.94. The predicted octanol–water partition coefficient (Wildman–Crippen LogP) is 1.62. The summed E-state index contributed by atoms with van der Waals surface area (Å²) in [6.45, 7) is 3.83. The molecule has 0 spiro atoms. The van der Waals surface area contributed by atoms with E-state index in [9.17, 15) is 4.79 Å². The zero-order valence-electron chi connectivity index (χ0n) is 9.86. The summed E-state index contributed by atoms with van der Waals surface area (Å²) in [4.78, 5) is 11.6. The minimum atomic E-state index is -0.484. The lowest BCUT2D eigenvalue weighted by Gasteiger charge is -2.15. The molecule has 1 aromatic carbocycles. The molecule has 0 saturated carbocycles. The largest absolute Gasteiger partial charge is 0.497 e. The lowest BCUT2D eigenvalue weighted by molar-refractivity contribution is -0.118. The van der Waals surface area contributed by atoms with Crippen molar-refractivity contribution in [3.05, 3.63) is 24.3 Å². The first kappa shape index (κ1) is 12.5. The van der Waals surface area contributed by atoms with E-state index in [1.807, 2.05) is 13.8 Å². The summed E-state index contributed by atoms with van der Waals surface area (Å²) < 4.78 is 5.02. The van der Waals surface area contributed by atoms with Gasteiger partial charge >= 0.3 is 0 Å². The Kier molecular flexibility index (Phi) is 4.31. The van der Waals surface area contributed by atoms with Crippen LogP contribution >= 0.6 is 0 Å².